The van der Waals surface area contributed by atoms with Gasteiger partial charge in [-0.15, -0.1) is 10.2 Å². The summed E-state index contributed by atoms with van der Waals surface area (Å²) in [5.41, 5.74) is 2.01. The number of aromatic nitrogens is 3. The summed E-state index contributed by atoms with van der Waals surface area (Å²) in [7, 11) is 0. The number of anilines is 1. The monoisotopic (exact) mass is 375 g/mol. The number of hydrogen-bond donors (Lipinski definition) is 1. The zero-order valence-corrected chi connectivity index (χ0v) is 14.4. The van der Waals surface area contributed by atoms with Crippen LogP contribution in [0.2, 0.25) is 0 Å². The fourth-order valence-electron chi connectivity index (χ4n) is 2.63. The number of nitro groups is 1. The molecule has 4 aromatic rings. The van der Waals surface area contributed by atoms with E-state index in [-0.39, 0.29) is 11.4 Å². The highest BCUT2D eigenvalue weighted by Crippen LogP contribution is 2.25. The average molecular weight is 375 g/mol. The van der Waals surface area contributed by atoms with Crippen molar-refractivity contribution in [3.05, 3.63) is 89.2 Å². The molecule has 0 fully saturated rings. The van der Waals surface area contributed by atoms with Crippen LogP contribution in [0.5, 0.6) is 0 Å². The lowest BCUT2D eigenvalue weighted by molar-refractivity contribution is -0.384. The highest BCUT2D eigenvalue weighted by atomic mass is 16.6. The summed E-state index contributed by atoms with van der Waals surface area (Å²) >= 11 is 0. The molecule has 1 N–H and O–H groups in total. The lowest BCUT2D eigenvalue weighted by atomic mass is 10.1. The highest BCUT2D eigenvalue weighted by Gasteiger charge is 2.14. The van der Waals surface area contributed by atoms with E-state index in [2.05, 4.69) is 15.5 Å². The van der Waals surface area contributed by atoms with Crippen LogP contribution in [0.3, 0.4) is 0 Å². The van der Waals surface area contributed by atoms with E-state index in [0.29, 0.717) is 17.0 Å². The minimum atomic E-state index is -0.473. The van der Waals surface area contributed by atoms with E-state index >= 15 is 0 Å². The number of rotatable bonds is 5. The smallest absolute Gasteiger partial charge is 0.291 e. The predicted octanol–water partition coefficient (Wildman–Crippen LogP) is 3.69. The number of non-ortho nitro benzene ring substituents is 1. The van der Waals surface area contributed by atoms with Gasteiger partial charge in [0.25, 0.3) is 11.6 Å². The Morgan fingerprint density at radius 2 is 1.79 bits per heavy atom. The second-order valence-corrected chi connectivity index (χ2v) is 5.84. The maximum absolute atomic E-state index is 12.5. The van der Waals surface area contributed by atoms with Crippen molar-refractivity contribution >= 4 is 17.3 Å². The molecule has 0 atom stereocenters. The minimum Gasteiger partial charge on any atom is -0.451 e. The van der Waals surface area contributed by atoms with Gasteiger partial charge in [-0.1, -0.05) is 6.07 Å². The van der Waals surface area contributed by atoms with E-state index < -0.39 is 10.8 Å². The number of carbonyl (C=O) groups excluding carboxylic acids is 1. The second kappa shape index (κ2) is 7.16. The molecule has 0 bridgehead atoms. The van der Waals surface area contributed by atoms with Crippen LogP contribution in [0, 0.1) is 10.1 Å². The maximum Gasteiger partial charge on any atom is 0.291 e. The van der Waals surface area contributed by atoms with Crippen molar-refractivity contribution in [3.63, 3.8) is 0 Å². The SMILES string of the molecule is O=C(Nc1cccc(-n2cnnc2)c1)c1ccc(-c2ccc([N+](=O)[O-])cc2)o1. The van der Waals surface area contributed by atoms with Gasteiger partial charge in [-0.25, -0.2) is 0 Å². The van der Waals surface area contributed by atoms with Crippen LogP contribution in [-0.4, -0.2) is 25.6 Å². The molecule has 0 spiro atoms. The zero-order chi connectivity index (χ0) is 19.5. The number of nitrogens with one attached hydrogen (secondary N) is 1. The van der Waals surface area contributed by atoms with Gasteiger partial charge in [0.15, 0.2) is 5.76 Å². The molecule has 0 unspecified atom stereocenters. The van der Waals surface area contributed by atoms with E-state index in [1.165, 1.54) is 12.1 Å². The second-order valence-electron chi connectivity index (χ2n) is 5.84. The Balaban J connectivity index is 1.50. The van der Waals surface area contributed by atoms with Crippen LogP contribution in [0.4, 0.5) is 11.4 Å². The van der Waals surface area contributed by atoms with E-state index in [1.54, 1.807) is 59.7 Å². The topological polar surface area (TPSA) is 116 Å². The Morgan fingerprint density at radius 3 is 2.50 bits per heavy atom. The van der Waals surface area contributed by atoms with Crippen LogP contribution in [0.25, 0.3) is 17.0 Å². The molecule has 0 aliphatic rings. The lowest BCUT2D eigenvalue weighted by Crippen LogP contribution is -2.11. The summed E-state index contributed by atoms with van der Waals surface area (Å²) in [5, 5.41) is 21.0. The molecule has 9 nitrogen and oxygen atoms in total. The molecular formula is C19H13N5O4. The highest BCUT2D eigenvalue weighted by molar-refractivity contribution is 6.02. The van der Waals surface area contributed by atoms with Gasteiger partial charge >= 0.3 is 0 Å². The summed E-state index contributed by atoms with van der Waals surface area (Å²) in [6, 6.07) is 16.3. The van der Waals surface area contributed by atoms with Crippen LogP contribution in [0.15, 0.2) is 77.7 Å². The van der Waals surface area contributed by atoms with Crippen LogP contribution in [0.1, 0.15) is 10.6 Å². The number of furan rings is 1. The summed E-state index contributed by atoms with van der Waals surface area (Å²) in [5.74, 6) is 0.162. The number of amides is 1. The van der Waals surface area contributed by atoms with Gasteiger partial charge in [0, 0.05) is 23.4 Å². The quantitative estimate of drug-likeness (QED) is 0.420. The third kappa shape index (κ3) is 3.49. The molecule has 1 amide bonds. The van der Waals surface area contributed by atoms with Gasteiger partial charge in [-0.05, 0) is 42.5 Å². The number of hydrogen-bond acceptors (Lipinski definition) is 6. The van der Waals surface area contributed by atoms with Crippen LogP contribution in [-0.2, 0) is 0 Å². The molecule has 4 rings (SSSR count). The molecule has 0 aliphatic heterocycles. The van der Waals surface area contributed by atoms with Gasteiger partial charge in [0.05, 0.1) is 10.6 Å². The molecule has 2 aromatic carbocycles. The van der Waals surface area contributed by atoms with E-state index in [1.807, 2.05) is 6.07 Å². The van der Waals surface area contributed by atoms with Gasteiger partial charge in [-0.2, -0.15) is 0 Å². The number of nitrogens with zero attached hydrogens (tertiary/aromatic N) is 4. The molecule has 0 aliphatic carbocycles. The van der Waals surface area contributed by atoms with Gasteiger partial charge in [0.2, 0.25) is 0 Å². The first-order chi connectivity index (χ1) is 13.6. The van der Waals surface area contributed by atoms with Crippen molar-refractivity contribution in [2.24, 2.45) is 0 Å². The number of carbonyl (C=O) groups is 1. The normalized spacial score (nSPS) is 10.6. The third-order valence-corrected chi connectivity index (χ3v) is 4.01. The summed E-state index contributed by atoms with van der Waals surface area (Å²) in [4.78, 5) is 22.7. The Morgan fingerprint density at radius 1 is 1.04 bits per heavy atom. The fraction of sp³-hybridized carbons (Fsp3) is 0. The van der Waals surface area contributed by atoms with Gasteiger partial charge < -0.3 is 9.73 Å². The fourth-order valence-corrected chi connectivity index (χ4v) is 2.63. The molecule has 2 aromatic heterocycles. The first kappa shape index (κ1) is 17.2. The van der Waals surface area contributed by atoms with Crippen LogP contribution >= 0.6 is 0 Å². The van der Waals surface area contributed by atoms with Crippen molar-refractivity contribution in [1.29, 1.82) is 0 Å². The Bertz CT molecular complexity index is 1130. The largest absolute Gasteiger partial charge is 0.451 e. The average Bonchev–Trinajstić information content (AvgIpc) is 3.40. The molecule has 0 radical (unpaired) electrons. The first-order valence-corrected chi connectivity index (χ1v) is 8.21. The molecule has 0 saturated heterocycles. The minimum absolute atomic E-state index is 0.0127. The Hall–Kier alpha value is -4.27. The van der Waals surface area contributed by atoms with Crippen molar-refractivity contribution in [2.45, 2.75) is 0 Å². The van der Waals surface area contributed by atoms with Crippen molar-refractivity contribution < 1.29 is 14.1 Å². The number of benzene rings is 2. The Labute approximate surface area is 158 Å². The number of nitro benzene ring substituents is 1. The molecule has 138 valence electrons. The summed E-state index contributed by atoms with van der Waals surface area (Å²) < 4.78 is 7.32. The summed E-state index contributed by atoms with van der Waals surface area (Å²) in [6.45, 7) is 0. The van der Waals surface area contributed by atoms with E-state index in [0.717, 1.165) is 5.69 Å². The van der Waals surface area contributed by atoms with Gasteiger partial charge in [0.1, 0.15) is 18.4 Å². The third-order valence-electron chi connectivity index (χ3n) is 4.01. The molecule has 9 heteroatoms. The molecular weight excluding hydrogens is 362 g/mol. The predicted molar refractivity (Wildman–Crippen MR) is 100 cm³/mol. The van der Waals surface area contributed by atoms with E-state index in [9.17, 15) is 14.9 Å². The molecule has 2 heterocycles. The van der Waals surface area contributed by atoms with Gasteiger partial charge in [-0.3, -0.25) is 19.5 Å². The van der Waals surface area contributed by atoms with Crippen LogP contribution < -0.4 is 5.32 Å². The zero-order valence-electron chi connectivity index (χ0n) is 14.4. The molecule has 28 heavy (non-hydrogen) atoms. The standard InChI is InChI=1S/C19H13N5O4/c25-19(22-14-2-1-3-16(10-14)23-11-20-21-12-23)18-9-8-17(28-18)13-4-6-15(7-5-13)24(26)27/h1-12H,(H,22,25). The molecule has 0 saturated carbocycles. The lowest BCUT2D eigenvalue weighted by Gasteiger charge is -2.06. The van der Waals surface area contributed by atoms with Crippen molar-refractivity contribution in [1.82, 2.24) is 14.8 Å². The van der Waals surface area contributed by atoms with E-state index in [4.69, 9.17) is 4.42 Å². The summed E-state index contributed by atoms with van der Waals surface area (Å²) in [6.07, 6.45) is 3.12. The first-order valence-electron chi connectivity index (χ1n) is 8.21. The van der Waals surface area contributed by atoms with Crippen molar-refractivity contribution in [3.8, 4) is 17.0 Å². The maximum atomic E-state index is 12.5. The van der Waals surface area contributed by atoms with Crippen molar-refractivity contribution in [2.75, 3.05) is 5.32 Å². The Kier molecular flexibility index (Phi) is 4.38.